The van der Waals surface area contributed by atoms with Crippen LogP contribution < -0.4 is 4.74 Å². The molecule has 7 nitrogen and oxygen atoms in total. The van der Waals surface area contributed by atoms with E-state index < -0.39 is 0 Å². The van der Waals surface area contributed by atoms with Crippen LogP contribution in [0.2, 0.25) is 0 Å². The van der Waals surface area contributed by atoms with Crippen LogP contribution in [0.1, 0.15) is 10.4 Å². The van der Waals surface area contributed by atoms with Gasteiger partial charge >= 0.3 is 0 Å². The van der Waals surface area contributed by atoms with Gasteiger partial charge in [0.05, 0.1) is 37.0 Å². The van der Waals surface area contributed by atoms with Crippen LogP contribution in [-0.4, -0.2) is 53.9 Å². The molecule has 4 heterocycles. The van der Waals surface area contributed by atoms with E-state index in [0.29, 0.717) is 44.4 Å². The Kier molecular flexibility index (Phi) is 3.49. The molecule has 0 aromatic carbocycles. The van der Waals surface area contributed by atoms with Gasteiger partial charge in [0.15, 0.2) is 0 Å². The van der Waals surface area contributed by atoms with Gasteiger partial charge in [0.25, 0.3) is 5.91 Å². The molecular weight excluding hydrogens is 298 g/mol. The van der Waals surface area contributed by atoms with Gasteiger partial charge in [-0.25, -0.2) is 4.98 Å². The summed E-state index contributed by atoms with van der Waals surface area (Å²) in [5, 5.41) is 3.60. The maximum atomic E-state index is 12.5. The number of likely N-dealkylation sites (tertiary alicyclic amines) is 1. The topological polar surface area (TPSA) is 77.7 Å². The van der Waals surface area contributed by atoms with Gasteiger partial charge in [-0.1, -0.05) is 11.2 Å². The van der Waals surface area contributed by atoms with E-state index >= 15 is 0 Å². The molecular formula is C16H17N3O4. The molecule has 0 N–H and O–H groups in total. The van der Waals surface area contributed by atoms with Crippen LogP contribution in [0.25, 0.3) is 0 Å². The standard InChI is InChI=1S/C16H17N3O4/c20-15(12-5-18-23-7-12)19-6-13-8-21-10-16(13,9-19)11-22-14-3-1-2-4-17-14/h1-5,7,13H,6,8-11H2/t13-,16+/m1/s1. The summed E-state index contributed by atoms with van der Waals surface area (Å²) >= 11 is 0. The Morgan fingerprint density at radius 3 is 3.22 bits per heavy atom. The van der Waals surface area contributed by atoms with E-state index in [-0.39, 0.29) is 17.2 Å². The number of ether oxygens (including phenoxy) is 2. The predicted molar refractivity (Wildman–Crippen MR) is 78.9 cm³/mol. The van der Waals surface area contributed by atoms with Crippen LogP contribution >= 0.6 is 0 Å². The van der Waals surface area contributed by atoms with Crippen molar-refractivity contribution in [3.63, 3.8) is 0 Å². The maximum absolute atomic E-state index is 12.5. The first-order chi connectivity index (χ1) is 11.3. The zero-order chi connectivity index (χ0) is 15.7. The first-order valence-electron chi connectivity index (χ1n) is 7.57. The Hall–Kier alpha value is -2.41. The molecule has 2 aliphatic heterocycles. The first kappa shape index (κ1) is 14.2. The number of carbonyl (C=O) groups excluding carboxylic acids is 1. The van der Waals surface area contributed by atoms with Crippen molar-refractivity contribution in [2.45, 2.75) is 0 Å². The molecule has 0 spiro atoms. The smallest absolute Gasteiger partial charge is 0.258 e. The number of hydrogen-bond donors (Lipinski definition) is 0. The number of amides is 1. The zero-order valence-electron chi connectivity index (χ0n) is 12.6. The van der Waals surface area contributed by atoms with Crippen LogP contribution in [-0.2, 0) is 4.74 Å². The average molecular weight is 315 g/mol. The minimum absolute atomic E-state index is 0.0575. The Morgan fingerprint density at radius 1 is 1.48 bits per heavy atom. The molecule has 0 bridgehead atoms. The average Bonchev–Trinajstić information content (AvgIpc) is 3.29. The summed E-state index contributed by atoms with van der Waals surface area (Å²) in [5.41, 5.74) is 0.302. The van der Waals surface area contributed by atoms with Gasteiger partial charge in [-0.15, -0.1) is 0 Å². The van der Waals surface area contributed by atoms with Gasteiger partial charge in [0.2, 0.25) is 5.88 Å². The summed E-state index contributed by atoms with van der Waals surface area (Å²) in [6, 6.07) is 5.57. The molecule has 2 saturated heterocycles. The lowest BCUT2D eigenvalue weighted by Gasteiger charge is -2.26. The van der Waals surface area contributed by atoms with Crippen molar-refractivity contribution < 1.29 is 18.8 Å². The Labute approximate surface area is 133 Å². The Bertz CT molecular complexity index is 676. The highest BCUT2D eigenvalue weighted by Crippen LogP contribution is 2.42. The molecule has 0 saturated carbocycles. The van der Waals surface area contributed by atoms with Gasteiger partial charge in [0, 0.05) is 31.3 Å². The highest BCUT2D eigenvalue weighted by Gasteiger charge is 2.52. The van der Waals surface area contributed by atoms with Gasteiger partial charge in [-0.2, -0.15) is 0 Å². The van der Waals surface area contributed by atoms with Crippen molar-refractivity contribution in [2.75, 3.05) is 32.9 Å². The fourth-order valence-electron chi connectivity index (χ4n) is 3.33. The van der Waals surface area contributed by atoms with Gasteiger partial charge < -0.3 is 18.9 Å². The third-order valence-corrected chi connectivity index (χ3v) is 4.63. The fraction of sp³-hybridized carbons (Fsp3) is 0.438. The quantitative estimate of drug-likeness (QED) is 0.845. The van der Waals surface area contributed by atoms with Gasteiger partial charge in [0.1, 0.15) is 6.26 Å². The molecule has 1 amide bonds. The summed E-state index contributed by atoms with van der Waals surface area (Å²) in [6.07, 6.45) is 4.53. The second kappa shape index (κ2) is 5.66. The van der Waals surface area contributed by atoms with E-state index in [9.17, 15) is 4.79 Å². The van der Waals surface area contributed by atoms with Crippen molar-refractivity contribution in [1.29, 1.82) is 0 Å². The number of pyridine rings is 1. The van der Waals surface area contributed by atoms with Crippen molar-refractivity contribution in [3.8, 4) is 5.88 Å². The second-order valence-electron chi connectivity index (χ2n) is 6.13. The second-order valence-corrected chi connectivity index (χ2v) is 6.13. The highest BCUT2D eigenvalue weighted by molar-refractivity contribution is 5.93. The summed E-state index contributed by atoms with van der Waals surface area (Å²) < 4.78 is 16.3. The molecule has 23 heavy (non-hydrogen) atoms. The van der Waals surface area contributed by atoms with Crippen molar-refractivity contribution in [1.82, 2.24) is 15.0 Å². The van der Waals surface area contributed by atoms with Crippen LogP contribution in [0.4, 0.5) is 0 Å². The van der Waals surface area contributed by atoms with Crippen molar-refractivity contribution in [3.05, 3.63) is 42.4 Å². The Balaban J connectivity index is 1.47. The third kappa shape index (κ3) is 2.57. The van der Waals surface area contributed by atoms with Gasteiger partial charge in [-0.3, -0.25) is 4.79 Å². The molecule has 0 radical (unpaired) electrons. The summed E-state index contributed by atoms with van der Waals surface area (Å²) in [5.74, 6) is 0.809. The van der Waals surface area contributed by atoms with Crippen LogP contribution in [0, 0.1) is 11.3 Å². The molecule has 2 fully saturated rings. The van der Waals surface area contributed by atoms with Crippen LogP contribution in [0.15, 0.2) is 41.4 Å². The van der Waals surface area contributed by atoms with E-state index in [1.54, 1.807) is 6.20 Å². The predicted octanol–water partition coefficient (Wildman–Crippen LogP) is 1.24. The largest absolute Gasteiger partial charge is 0.477 e. The minimum atomic E-state index is -0.176. The minimum Gasteiger partial charge on any atom is -0.477 e. The number of hydrogen-bond acceptors (Lipinski definition) is 6. The molecule has 2 aromatic heterocycles. The maximum Gasteiger partial charge on any atom is 0.258 e. The zero-order valence-corrected chi connectivity index (χ0v) is 12.6. The molecule has 0 unspecified atom stereocenters. The number of fused-ring (bicyclic) bond motifs is 1. The summed E-state index contributed by atoms with van der Waals surface area (Å²) in [4.78, 5) is 18.5. The Morgan fingerprint density at radius 2 is 2.43 bits per heavy atom. The number of nitrogens with zero attached hydrogens (tertiary/aromatic N) is 3. The lowest BCUT2D eigenvalue weighted by Crippen LogP contribution is -2.38. The van der Waals surface area contributed by atoms with Crippen LogP contribution in [0.5, 0.6) is 5.88 Å². The third-order valence-electron chi connectivity index (χ3n) is 4.63. The van der Waals surface area contributed by atoms with Gasteiger partial charge in [-0.05, 0) is 6.07 Å². The lowest BCUT2D eigenvalue weighted by atomic mass is 9.82. The molecule has 120 valence electrons. The molecule has 2 aliphatic rings. The first-order valence-corrected chi connectivity index (χ1v) is 7.57. The summed E-state index contributed by atoms with van der Waals surface area (Å²) in [7, 11) is 0. The monoisotopic (exact) mass is 315 g/mol. The van der Waals surface area contributed by atoms with E-state index in [1.807, 2.05) is 23.1 Å². The van der Waals surface area contributed by atoms with E-state index in [1.165, 1.54) is 12.5 Å². The van der Waals surface area contributed by atoms with Crippen LogP contribution in [0.3, 0.4) is 0 Å². The molecule has 7 heteroatoms. The molecule has 2 aromatic rings. The molecule has 4 rings (SSSR count). The van der Waals surface area contributed by atoms with Crippen molar-refractivity contribution in [2.24, 2.45) is 11.3 Å². The summed E-state index contributed by atoms with van der Waals surface area (Å²) in [6.45, 7) is 3.00. The van der Waals surface area contributed by atoms with E-state index in [4.69, 9.17) is 14.0 Å². The number of carbonyl (C=O) groups is 1. The number of aromatic nitrogens is 2. The number of rotatable bonds is 4. The SMILES string of the molecule is O=C(c1cnoc1)N1C[C@@H]2COC[C@]2(COc2ccccn2)C1. The fourth-order valence-corrected chi connectivity index (χ4v) is 3.33. The lowest BCUT2D eigenvalue weighted by molar-refractivity contribution is 0.0655. The normalized spacial score (nSPS) is 26.3. The van der Waals surface area contributed by atoms with Crippen molar-refractivity contribution >= 4 is 5.91 Å². The highest BCUT2D eigenvalue weighted by atomic mass is 16.5. The van der Waals surface area contributed by atoms with E-state index in [0.717, 1.165) is 0 Å². The molecule has 0 aliphatic carbocycles. The van der Waals surface area contributed by atoms with E-state index in [2.05, 4.69) is 10.1 Å². The molecule has 2 atom stereocenters.